The molecule has 0 bridgehead atoms. The molecule has 0 atom stereocenters. The van der Waals surface area contributed by atoms with Gasteiger partial charge in [-0.25, -0.2) is 22.0 Å². The number of hydrogen-bond acceptors (Lipinski definition) is 5. The van der Waals surface area contributed by atoms with Gasteiger partial charge < -0.3 is 9.84 Å². The van der Waals surface area contributed by atoms with Crippen molar-refractivity contribution in [1.82, 2.24) is 3.97 Å². The Bertz CT molecular complexity index is 1100. The molecule has 7 nitrogen and oxygen atoms in total. The molecule has 0 aliphatic rings. The quantitative estimate of drug-likeness (QED) is 0.718. The maximum absolute atomic E-state index is 12.9. The first kappa shape index (κ1) is 16.7. The Kier molecular flexibility index (Phi) is 4.05. The summed E-state index contributed by atoms with van der Waals surface area (Å²) in [5.74, 6) is -1.80. The summed E-state index contributed by atoms with van der Waals surface area (Å²) >= 11 is 0. The number of hydrogen-bond donors (Lipinski definition) is 1. The number of nitrogens with zero attached hydrogens (tertiary/aromatic N) is 1. The van der Waals surface area contributed by atoms with Gasteiger partial charge in [-0.15, -0.1) is 0 Å². The highest BCUT2D eigenvalue weighted by Crippen LogP contribution is 2.25. The van der Waals surface area contributed by atoms with Gasteiger partial charge in [0.1, 0.15) is 0 Å². The molecule has 3 rings (SSSR count). The van der Waals surface area contributed by atoms with E-state index in [1.165, 1.54) is 43.6 Å². The topological polar surface area (TPSA) is 103 Å². The van der Waals surface area contributed by atoms with Crippen LogP contribution >= 0.6 is 0 Å². The number of fused-ring (bicyclic) bond motifs is 1. The molecule has 0 radical (unpaired) electrons. The third-order valence-electron chi connectivity index (χ3n) is 3.74. The second-order valence-electron chi connectivity index (χ2n) is 5.18. The lowest BCUT2D eigenvalue weighted by atomic mass is 10.1. The monoisotopic (exact) mass is 359 g/mol. The molecule has 8 heteroatoms. The number of aromatic carboxylic acids is 1. The van der Waals surface area contributed by atoms with Crippen LogP contribution in [0.1, 0.15) is 20.7 Å². The van der Waals surface area contributed by atoms with E-state index in [0.717, 1.165) is 10.0 Å². The molecule has 0 aliphatic carbocycles. The van der Waals surface area contributed by atoms with Crippen molar-refractivity contribution in [1.29, 1.82) is 0 Å². The van der Waals surface area contributed by atoms with E-state index in [-0.39, 0.29) is 16.0 Å². The van der Waals surface area contributed by atoms with Gasteiger partial charge in [-0.3, -0.25) is 0 Å². The molecular formula is C17H13NO6S. The van der Waals surface area contributed by atoms with Crippen LogP contribution in [0, 0.1) is 0 Å². The lowest BCUT2D eigenvalue weighted by Gasteiger charge is -2.09. The predicted molar refractivity (Wildman–Crippen MR) is 89.3 cm³/mol. The molecular weight excluding hydrogens is 346 g/mol. The van der Waals surface area contributed by atoms with Crippen LogP contribution in [0.25, 0.3) is 10.9 Å². The van der Waals surface area contributed by atoms with Gasteiger partial charge in [0.15, 0.2) is 0 Å². The van der Waals surface area contributed by atoms with Crippen molar-refractivity contribution in [3.05, 3.63) is 65.9 Å². The number of carbonyl (C=O) groups excluding carboxylic acids is 1. The Morgan fingerprint density at radius 1 is 1.08 bits per heavy atom. The zero-order valence-corrected chi connectivity index (χ0v) is 13.9. The molecule has 0 unspecified atom stereocenters. The zero-order valence-electron chi connectivity index (χ0n) is 13.0. The van der Waals surface area contributed by atoms with Crippen molar-refractivity contribution in [3.8, 4) is 0 Å². The minimum Gasteiger partial charge on any atom is -0.478 e. The highest BCUT2D eigenvalue weighted by Gasteiger charge is 2.22. The average molecular weight is 359 g/mol. The smallest absolute Gasteiger partial charge is 0.338 e. The molecule has 2 aromatic carbocycles. The average Bonchev–Trinajstić information content (AvgIpc) is 3.06. The third-order valence-corrected chi connectivity index (χ3v) is 5.43. The summed E-state index contributed by atoms with van der Waals surface area (Å²) in [5.41, 5.74) is 0.407. The van der Waals surface area contributed by atoms with Crippen molar-refractivity contribution in [2.45, 2.75) is 4.90 Å². The molecule has 1 heterocycles. The number of esters is 1. The summed E-state index contributed by atoms with van der Waals surface area (Å²) < 4.78 is 31.5. The lowest BCUT2D eigenvalue weighted by Crippen LogP contribution is -2.13. The minimum absolute atomic E-state index is 0.132. The van der Waals surface area contributed by atoms with Crippen molar-refractivity contribution < 1.29 is 27.9 Å². The number of aromatic nitrogens is 1. The normalized spacial score (nSPS) is 11.4. The molecule has 0 saturated heterocycles. The van der Waals surface area contributed by atoms with Gasteiger partial charge in [-0.2, -0.15) is 0 Å². The third kappa shape index (κ3) is 2.76. The van der Waals surface area contributed by atoms with Gasteiger partial charge in [0.25, 0.3) is 10.0 Å². The summed E-state index contributed by atoms with van der Waals surface area (Å²) in [6.45, 7) is 0. The number of benzene rings is 2. The van der Waals surface area contributed by atoms with Crippen LogP contribution in [0.3, 0.4) is 0 Å². The second kappa shape index (κ2) is 6.06. The Labute approximate surface area is 143 Å². The standard InChI is InChI=1S/C17H13NO6S/c1-24-17(21)14-6-3-7-15-13(14)8-9-18(15)25(22,23)12-5-2-4-11(10-12)16(19)20/h2-10H,1H3,(H,19,20). The number of rotatable bonds is 4. The Hall–Kier alpha value is -3.13. The van der Waals surface area contributed by atoms with Crippen molar-refractivity contribution in [3.63, 3.8) is 0 Å². The van der Waals surface area contributed by atoms with E-state index in [9.17, 15) is 18.0 Å². The fourth-order valence-corrected chi connectivity index (χ4v) is 3.94. The van der Waals surface area contributed by atoms with Crippen LogP contribution in [-0.2, 0) is 14.8 Å². The summed E-state index contributed by atoms with van der Waals surface area (Å²) in [5, 5.41) is 9.47. The van der Waals surface area contributed by atoms with Gasteiger partial charge in [0.2, 0.25) is 0 Å². The van der Waals surface area contributed by atoms with E-state index < -0.39 is 22.0 Å². The number of carboxylic acids is 1. The van der Waals surface area contributed by atoms with E-state index in [1.54, 1.807) is 12.1 Å². The van der Waals surface area contributed by atoms with Crippen molar-refractivity contribution in [2.24, 2.45) is 0 Å². The lowest BCUT2D eigenvalue weighted by molar-refractivity contribution is 0.0602. The van der Waals surface area contributed by atoms with Crippen LogP contribution in [0.15, 0.2) is 59.6 Å². The van der Waals surface area contributed by atoms with Gasteiger partial charge in [0.05, 0.1) is 28.6 Å². The summed E-state index contributed by atoms with van der Waals surface area (Å²) in [6.07, 6.45) is 1.32. The van der Waals surface area contributed by atoms with E-state index >= 15 is 0 Å². The summed E-state index contributed by atoms with van der Waals surface area (Å²) in [4.78, 5) is 22.7. The minimum atomic E-state index is -4.03. The number of ether oxygens (including phenoxy) is 1. The van der Waals surface area contributed by atoms with Crippen molar-refractivity contribution >= 4 is 32.9 Å². The fraction of sp³-hybridized carbons (Fsp3) is 0.0588. The first-order valence-electron chi connectivity index (χ1n) is 7.13. The Balaban J connectivity index is 2.21. The molecule has 1 N–H and O–H groups in total. The second-order valence-corrected chi connectivity index (χ2v) is 6.99. The Morgan fingerprint density at radius 3 is 2.48 bits per heavy atom. The maximum atomic E-state index is 12.9. The molecule has 128 valence electrons. The molecule has 0 amide bonds. The maximum Gasteiger partial charge on any atom is 0.338 e. The van der Waals surface area contributed by atoms with Gasteiger partial charge in [0, 0.05) is 11.6 Å². The first-order chi connectivity index (χ1) is 11.9. The van der Waals surface area contributed by atoms with E-state index in [2.05, 4.69) is 0 Å². The highest BCUT2D eigenvalue weighted by atomic mass is 32.2. The summed E-state index contributed by atoms with van der Waals surface area (Å²) in [7, 11) is -2.78. The number of methoxy groups -OCH3 is 1. The van der Waals surface area contributed by atoms with E-state index in [0.29, 0.717) is 10.9 Å². The molecule has 0 fully saturated rings. The van der Waals surface area contributed by atoms with Crippen LogP contribution in [0.5, 0.6) is 0 Å². The van der Waals surface area contributed by atoms with Crippen molar-refractivity contribution in [2.75, 3.05) is 7.11 Å². The molecule has 25 heavy (non-hydrogen) atoms. The van der Waals surface area contributed by atoms with Crippen LogP contribution < -0.4 is 0 Å². The van der Waals surface area contributed by atoms with Gasteiger partial charge >= 0.3 is 11.9 Å². The van der Waals surface area contributed by atoms with E-state index in [1.807, 2.05) is 0 Å². The van der Waals surface area contributed by atoms with E-state index in [4.69, 9.17) is 9.84 Å². The van der Waals surface area contributed by atoms with Crippen LogP contribution in [0.4, 0.5) is 0 Å². The molecule has 0 saturated carbocycles. The zero-order chi connectivity index (χ0) is 18.2. The Morgan fingerprint density at radius 2 is 1.80 bits per heavy atom. The SMILES string of the molecule is COC(=O)c1cccc2c1ccn2S(=O)(=O)c1cccc(C(=O)O)c1. The molecule has 3 aromatic rings. The number of carboxylic acid groups (broad SMARTS) is 1. The first-order valence-corrected chi connectivity index (χ1v) is 8.57. The largest absolute Gasteiger partial charge is 0.478 e. The summed E-state index contributed by atoms with van der Waals surface area (Å²) in [6, 6.07) is 11.2. The highest BCUT2D eigenvalue weighted by molar-refractivity contribution is 7.90. The van der Waals surface area contributed by atoms with Gasteiger partial charge in [-0.1, -0.05) is 12.1 Å². The van der Waals surface area contributed by atoms with Crippen LogP contribution in [-0.4, -0.2) is 36.5 Å². The molecule has 0 aliphatic heterocycles. The van der Waals surface area contributed by atoms with Crippen LogP contribution in [0.2, 0.25) is 0 Å². The molecule has 1 aromatic heterocycles. The number of carbonyl (C=O) groups is 2. The van der Waals surface area contributed by atoms with Gasteiger partial charge in [-0.05, 0) is 36.4 Å². The molecule has 0 spiro atoms. The predicted octanol–water partition coefficient (Wildman–Crippen LogP) is 2.36. The fourth-order valence-electron chi connectivity index (χ4n) is 2.54.